The Bertz CT molecular complexity index is 1270. The van der Waals surface area contributed by atoms with Crippen molar-refractivity contribution in [2.45, 2.75) is 37.0 Å². The summed E-state index contributed by atoms with van der Waals surface area (Å²) in [5, 5.41) is 1.70. The van der Waals surface area contributed by atoms with Gasteiger partial charge in [-0.25, -0.2) is 4.98 Å². The van der Waals surface area contributed by atoms with Crippen LogP contribution in [0.3, 0.4) is 0 Å². The molecule has 0 saturated heterocycles. The maximum atomic E-state index is 11.9. The first-order valence-corrected chi connectivity index (χ1v) is 11.3. The highest BCUT2D eigenvalue weighted by Gasteiger charge is 2.14. The average molecular weight is 451 g/mol. The molecule has 4 aromatic rings. The number of aryl methyl sites for hydroxylation is 2. The van der Waals surface area contributed by atoms with Crippen LogP contribution in [0.1, 0.15) is 23.7 Å². The van der Waals surface area contributed by atoms with Gasteiger partial charge >= 0.3 is 5.97 Å². The van der Waals surface area contributed by atoms with Gasteiger partial charge in [-0.1, -0.05) is 53.7 Å². The minimum absolute atomic E-state index is 0.206. The van der Waals surface area contributed by atoms with Crippen LogP contribution in [-0.2, 0) is 16.0 Å². The molecule has 0 saturated carbocycles. The number of halogens is 1. The molecule has 0 radical (unpaired) electrons. The zero-order chi connectivity index (χ0) is 22.0. The van der Waals surface area contributed by atoms with Gasteiger partial charge in [-0.15, -0.1) is 0 Å². The number of benzene rings is 2. The van der Waals surface area contributed by atoms with E-state index in [-0.39, 0.29) is 12.4 Å². The fraction of sp³-hybridized carbons (Fsp3) is 0.200. The molecule has 2 aromatic carbocycles. The Morgan fingerprint density at radius 3 is 2.74 bits per heavy atom. The van der Waals surface area contributed by atoms with Gasteiger partial charge in [-0.2, -0.15) is 0 Å². The molecule has 158 valence electrons. The summed E-state index contributed by atoms with van der Waals surface area (Å²) >= 11 is 7.90. The number of fused-ring (bicyclic) bond motifs is 1. The van der Waals surface area contributed by atoms with Gasteiger partial charge in [-0.05, 0) is 56.2 Å². The third kappa shape index (κ3) is 4.63. The Labute approximate surface area is 191 Å². The smallest absolute Gasteiger partial charge is 0.310 e. The van der Waals surface area contributed by atoms with Crippen LogP contribution in [0.15, 0.2) is 70.6 Å². The van der Waals surface area contributed by atoms with Crippen molar-refractivity contribution in [1.82, 2.24) is 9.55 Å². The first-order valence-electron chi connectivity index (χ1n) is 10.1. The number of hydrogen-bond acceptors (Lipinski definition) is 4. The normalized spacial score (nSPS) is 11.1. The average Bonchev–Trinajstić information content (AvgIpc) is 3.09. The van der Waals surface area contributed by atoms with E-state index in [1.807, 2.05) is 51.1 Å². The number of hydrogen-bond donors (Lipinski definition) is 0. The lowest BCUT2D eigenvalue weighted by Crippen LogP contribution is -2.07. The Morgan fingerprint density at radius 2 is 1.94 bits per heavy atom. The van der Waals surface area contributed by atoms with Crippen molar-refractivity contribution in [1.29, 1.82) is 0 Å². The van der Waals surface area contributed by atoms with Crippen molar-refractivity contribution >= 4 is 40.2 Å². The van der Waals surface area contributed by atoms with Gasteiger partial charge < -0.3 is 9.30 Å². The second-order valence-corrected chi connectivity index (χ2v) is 8.79. The molecule has 0 aliphatic rings. The van der Waals surface area contributed by atoms with E-state index >= 15 is 0 Å². The number of nitrogens with zero attached hydrogens (tertiary/aromatic N) is 2. The quantitative estimate of drug-likeness (QED) is 0.246. The standard InChI is InChI=1S/C25H23ClN2O2S/c1-4-30-24(29)14-18-8-7-9-19(13-18)31-23-15-28(21-11-6-5-10-20(21)23)22-12-16(2)25(26)27-17(22)3/h5-13,15H,4,14H2,1-3H3. The Balaban J connectivity index is 1.72. The Hall–Kier alpha value is -2.76. The van der Waals surface area contributed by atoms with E-state index in [1.165, 1.54) is 0 Å². The molecule has 31 heavy (non-hydrogen) atoms. The predicted molar refractivity (Wildman–Crippen MR) is 126 cm³/mol. The maximum Gasteiger partial charge on any atom is 0.310 e. The van der Waals surface area contributed by atoms with E-state index in [1.54, 1.807) is 11.8 Å². The number of esters is 1. The third-order valence-electron chi connectivity index (χ3n) is 5.03. The van der Waals surface area contributed by atoms with E-state index in [4.69, 9.17) is 16.3 Å². The Morgan fingerprint density at radius 1 is 1.13 bits per heavy atom. The van der Waals surface area contributed by atoms with Gasteiger partial charge in [0.05, 0.1) is 29.9 Å². The van der Waals surface area contributed by atoms with Crippen LogP contribution in [0.25, 0.3) is 16.6 Å². The number of aromatic nitrogens is 2. The molecule has 4 rings (SSSR count). The molecule has 0 amide bonds. The first-order chi connectivity index (χ1) is 15.0. The summed E-state index contributed by atoms with van der Waals surface area (Å²) in [6.07, 6.45) is 2.42. The number of para-hydroxylation sites is 1. The van der Waals surface area contributed by atoms with Crippen molar-refractivity contribution in [2.24, 2.45) is 0 Å². The zero-order valence-electron chi connectivity index (χ0n) is 17.7. The van der Waals surface area contributed by atoms with Gasteiger partial charge in [0, 0.05) is 21.4 Å². The van der Waals surface area contributed by atoms with Crippen LogP contribution in [0.2, 0.25) is 5.15 Å². The number of carbonyl (C=O) groups excluding carboxylic acids is 1. The van der Waals surface area contributed by atoms with E-state index in [0.717, 1.165) is 43.2 Å². The molecule has 0 spiro atoms. The summed E-state index contributed by atoms with van der Waals surface area (Å²) in [5.74, 6) is -0.206. The monoisotopic (exact) mass is 450 g/mol. The van der Waals surface area contributed by atoms with E-state index in [2.05, 4.69) is 40.0 Å². The molecule has 2 heterocycles. The lowest BCUT2D eigenvalue weighted by atomic mass is 10.1. The molecule has 4 nitrogen and oxygen atoms in total. The summed E-state index contributed by atoms with van der Waals surface area (Å²) in [5.41, 5.74) is 4.89. The van der Waals surface area contributed by atoms with Crippen LogP contribution >= 0.6 is 23.4 Å². The number of pyridine rings is 1. The fourth-order valence-electron chi connectivity index (χ4n) is 3.56. The molecule has 6 heteroatoms. The lowest BCUT2D eigenvalue weighted by Gasteiger charge is -2.10. The summed E-state index contributed by atoms with van der Waals surface area (Å²) in [4.78, 5) is 18.6. The van der Waals surface area contributed by atoms with Crippen LogP contribution in [-0.4, -0.2) is 22.1 Å². The highest BCUT2D eigenvalue weighted by molar-refractivity contribution is 7.99. The van der Waals surface area contributed by atoms with Gasteiger partial charge in [0.1, 0.15) is 5.15 Å². The van der Waals surface area contributed by atoms with Gasteiger partial charge in [0.2, 0.25) is 0 Å². The second-order valence-electron chi connectivity index (χ2n) is 7.31. The zero-order valence-corrected chi connectivity index (χ0v) is 19.3. The molecule has 0 aliphatic heterocycles. The van der Waals surface area contributed by atoms with Gasteiger partial charge in [0.15, 0.2) is 0 Å². The van der Waals surface area contributed by atoms with Gasteiger partial charge in [-0.3, -0.25) is 4.79 Å². The summed E-state index contributed by atoms with van der Waals surface area (Å²) in [7, 11) is 0. The first kappa shape index (κ1) is 21.5. The van der Waals surface area contributed by atoms with Crippen molar-refractivity contribution < 1.29 is 9.53 Å². The lowest BCUT2D eigenvalue weighted by molar-refractivity contribution is -0.142. The maximum absolute atomic E-state index is 11.9. The highest BCUT2D eigenvalue weighted by atomic mass is 35.5. The molecule has 0 aliphatic carbocycles. The molecule has 0 fully saturated rings. The predicted octanol–water partition coefficient (Wildman–Crippen LogP) is 6.55. The van der Waals surface area contributed by atoms with Crippen molar-refractivity contribution in [2.75, 3.05) is 6.61 Å². The van der Waals surface area contributed by atoms with E-state index in [9.17, 15) is 4.79 Å². The second kappa shape index (κ2) is 9.16. The number of carbonyl (C=O) groups is 1. The number of ether oxygens (including phenoxy) is 1. The number of rotatable bonds is 6. The van der Waals surface area contributed by atoms with E-state index < -0.39 is 0 Å². The van der Waals surface area contributed by atoms with Gasteiger partial charge in [0.25, 0.3) is 0 Å². The van der Waals surface area contributed by atoms with E-state index in [0.29, 0.717) is 11.8 Å². The molecule has 0 unspecified atom stereocenters. The molecular weight excluding hydrogens is 428 g/mol. The van der Waals surface area contributed by atoms with Crippen LogP contribution in [0.4, 0.5) is 0 Å². The van der Waals surface area contributed by atoms with Crippen molar-refractivity contribution in [3.05, 3.63) is 82.8 Å². The SMILES string of the molecule is CCOC(=O)Cc1cccc(Sc2cn(-c3cc(C)c(Cl)nc3C)c3ccccc23)c1. The third-order valence-corrected chi connectivity index (χ3v) is 6.45. The Kier molecular flexibility index (Phi) is 6.35. The summed E-state index contributed by atoms with van der Waals surface area (Å²) in [6, 6.07) is 18.4. The highest BCUT2D eigenvalue weighted by Crippen LogP contribution is 2.37. The molecule has 0 N–H and O–H groups in total. The van der Waals surface area contributed by atoms with Crippen LogP contribution in [0.5, 0.6) is 0 Å². The summed E-state index contributed by atoms with van der Waals surface area (Å²) in [6.45, 7) is 6.15. The largest absolute Gasteiger partial charge is 0.466 e. The molecule has 2 aromatic heterocycles. The van der Waals surface area contributed by atoms with Crippen molar-refractivity contribution in [3.63, 3.8) is 0 Å². The minimum Gasteiger partial charge on any atom is -0.466 e. The van der Waals surface area contributed by atoms with Crippen LogP contribution in [0, 0.1) is 13.8 Å². The molecule has 0 atom stereocenters. The topological polar surface area (TPSA) is 44.1 Å². The summed E-state index contributed by atoms with van der Waals surface area (Å²) < 4.78 is 7.25. The molecular formula is C25H23ClN2O2S. The fourth-order valence-corrected chi connectivity index (χ4v) is 4.79. The minimum atomic E-state index is -0.206. The molecule has 0 bridgehead atoms. The van der Waals surface area contributed by atoms with Crippen molar-refractivity contribution in [3.8, 4) is 5.69 Å². The van der Waals surface area contributed by atoms with Crippen LogP contribution < -0.4 is 0 Å².